The van der Waals surface area contributed by atoms with E-state index < -0.39 is 6.10 Å². The predicted octanol–water partition coefficient (Wildman–Crippen LogP) is 3.40. The first-order valence-electron chi connectivity index (χ1n) is 6.70. The summed E-state index contributed by atoms with van der Waals surface area (Å²) in [5.74, 6) is -0.307. The molecule has 0 spiro atoms. The molecular formula is C17H15FN2O. The lowest BCUT2D eigenvalue weighted by Crippen LogP contribution is -2.04. The maximum absolute atomic E-state index is 13.1. The second kappa shape index (κ2) is 5.50. The van der Waals surface area contributed by atoms with Gasteiger partial charge in [-0.15, -0.1) is 0 Å². The number of rotatable bonds is 3. The molecule has 1 unspecified atom stereocenters. The molecule has 0 aliphatic heterocycles. The van der Waals surface area contributed by atoms with Gasteiger partial charge >= 0.3 is 0 Å². The van der Waals surface area contributed by atoms with E-state index >= 15 is 0 Å². The van der Waals surface area contributed by atoms with Crippen molar-refractivity contribution in [3.63, 3.8) is 0 Å². The molecule has 21 heavy (non-hydrogen) atoms. The highest BCUT2D eigenvalue weighted by molar-refractivity contribution is 5.35. The van der Waals surface area contributed by atoms with Crippen LogP contribution in [0.1, 0.15) is 22.9 Å². The average Bonchev–Trinajstić information content (AvgIpc) is 2.97. The minimum atomic E-state index is -0.865. The lowest BCUT2D eigenvalue weighted by atomic mass is 10.0. The first-order valence-corrected chi connectivity index (χ1v) is 6.70. The number of halogens is 1. The van der Waals surface area contributed by atoms with E-state index in [-0.39, 0.29) is 5.82 Å². The summed E-state index contributed by atoms with van der Waals surface area (Å²) in [5.41, 5.74) is 2.83. The van der Waals surface area contributed by atoms with E-state index in [1.54, 1.807) is 29.9 Å². The third-order valence-corrected chi connectivity index (χ3v) is 3.44. The summed E-state index contributed by atoms with van der Waals surface area (Å²) in [7, 11) is 0. The summed E-state index contributed by atoms with van der Waals surface area (Å²) >= 11 is 0. The van der Waals surface area contributed by atoms with Gasteiger partial charge in [-0.25, -0.2) is 9.07 Å². The van der Waals surface area contributed by atoms with Gasteiger partial charge < -0.3 is 5.11 Å². The standard InChI is InChI=1S/C17H15FN2O/c1-12-11-13(18)7-8-15(12)17(21)16-9-10-20(19-16)14-5-3-2-4-6-14/h2-11,17,21H,1H3. The topological polar surface area (TPSA) is 38.0 Å². The van der Waals surface area contributed by atoms with E-state index in [0.717, 1.165) is 5.69 Å². The second-order valence-electron chi connectivity index (χ2n) is 4.92. The number of hydrogen-bond acceptors (Lipinski definition) is 2. The zero-order valence-corrected chi connectivity index (χ0v) is 11.6. The Labute approximate surface area is 122 Å². The molecule has 0 fully saturated rings. The lowest BCUT2D eigenvalue weighted by molar-refractivity contribution is 0.214. The van der Waals surface area contributed by atoms with Crippen LogP contribution in [0.4, 0.5) is 4.39 Å². The molecule has 0 radical (unpaired) electrons. The van der Waals surface area contributed by atoms with Crippen molar-refractivity contribution in [3.05, 3.63) is 83.4 Å². The normalized spacial score (nSPS) is 12.3. The molecule has 3 rings (SSSR count). The van der Waals surface area contributed by atoms with Gasteiger partial charge in [0.15, 0.2) is 0 Å². The highest BCUT2D eigenvalue weighted by Crippen LogP contribution is 2.24. The van der Waals surface area contributed by atoms with Crippen LogP contribution in [0.5, 0.6) is 0 Å². The Morgan fingerprint density at radius 1 is 1.10 bits per heavy atom. The molecule has 106 valence electrons. The number of aryl methyl sites for hydroxylation is 1. The molecule has 0 amide bonds. The van der Waals surface area contributed by atoms with E-state index in [2.05, 4.69) is 5.10 Å². The second-order valence-corrected chi connectivity index (χ2v) is 4.92. The predicted molar refractivity (Wildman–Crippen MR) is 78.8 cm³/mol. The van der Waals surface area contributed by atoms with Crippen molar-refractivity contribution < 1.29 is 9.50 Å². The molecule has 0 bridgehead atoms. The molecule has 1 atom stereocenters. The molecule has 0 saturated heterocycles. The monoisotopic (exact) mass is 282 g/mol. The Kier molecular flexibility index (Phi) is 3.54. The van der Waals surface area contributed by atoms with Gasteiger partial charge in [0.05, 0.1) is 11.4 Å². The summed E-state index contributed by atoms with van der Waals surface area (Å²) in [5, 5.41) is 14.8. The minimum Gasteiger partial charge on any atom is -0.382 e. The van der Waals surface area contributed by atoms with Crippen LogP contribution in [-0.2, 0) is 0 Å². The number of nitrogens with zero attached hydrogens (tertiary/aromatic N) is 2. The van der Waals surface area contributed by atoms with Crippen molar-refractivity contribution >= 4 is 0 Å². The van der Waals surface area contributed by atoms with Crippen molar-refractivity contribution in [2.75, 3.05) is 0 Å². The SMILES string of the molecule is Cc1cc(F)ccc1C(O)c1ccn(-c2ccccc2)n1. The Morgan fingerprint density at radius 2 is 1.86 bits per heavy atom. The van der Waals surface area contributed by atoms with Crippen LogP contribution in [0.3, 0.4) is 0 Å². The fraction of sp³-hybridized carbons (Fsp3) is 0.118. The van der Waals surface area contributed by atoms with Crippen LogP contribution in [0.25, 0.3) is 5.69 Å². The first-order chi connectivity index (χ1) is 10.1. The molecule has 3 nitrogen and oxygen atoms in total. The highest BCUT2D eigenvalue weighted by Gasteiger charge is 2.16. The smallest absolute Gasteiger partial charge is 0.123 e. The van der Waals surface area contributed by atoms with Gasteiger partial charge in [-0.3, -0.25) is 0 Å². The summed E-state index contributed by atoms with van der Waals surface area (Å²) in [6.07, 6.45) is 0.933. The van der Waals surface area contributed by atoms with Crippen molar-refractivity contribution in [1.82, 2.24) is 9.78 Å². The molecule has 0 aliphatic carbocycles. The number of hydrogen-bond donors (Lipinski definition) is 1. The van der Waals surface area contributed by atoms with Crippen molar-refractivity contribution in [1.29, 1.82) is 0 Å². The quantitative estimate of drug-likeness (QED) is 0.799. The van der Waals surface area contributed by atoms with Gasteiger partial charge in [0.1, 0.15) is 11.9 Å². The first kappa shape index (κ1) is 13.5. The molecule has 3 aromatic rings. The van der Waals surface area contributed by atoms with Crippen LogP contribution in [-0.4, -0.2) is 14.9 Å². The largest absolute Gasteiger partial charge is 0.382 e. The van der Waals surface area contributed by atoms with E-state index in [1.165, 1.54) is 12.1 Å². The third-order valence-electron chi connectivity index (χ3n) is 3.44. The Hall–Kier alpha value is -2.46. The van der Waals surface area contributed by atoms with Crippen molar-refractivity contribution in [2.24, 2.45) is 0 Å². The number of aliphatic hydroxyl groups excluding tert-OH is 1. The Morgan fingerprint density at radius 3 is 2.57 bits per heavy atom. The molecule has 0 aliphatic rings. The molecule has 1 heterocycles. The minimum absolute atomic E-state index is 0.307. The summed E-state index contributed by atoms with van der Waals surface area (Å²) in [6.45, 7) is 1.77. The van der Waals surface area contributed by atoms with Gasteiger partial charge in [-0.05, 0) is 48.4 Å². The van der Waals surface area contributed by atoms with E-state index in [1.807, 2.05) is 30.3 Å². The van der Waals surface area contributed by atoms with Gasteiger partial charge in [0.2, 0.25) is 0 Å². The molecule has 1 N–H and O–H groups in total. The third kappa shape index (κ3) is 2.71. The molecular weight excluding hydrogens is 267 g/mol. The van der Waals surface area contributed by atoms with Gasteiger partial charge in [-0.2, -0.15) is 5.10 Å². The van der Waals surface area contributed by atoms with Gasteiger partial charge in [0.25, 0.3) is 0 Å². The Bertz CT molecular complexity index is 752. The van der Waals surface area contributed by atoms with E-state index in [0.29, 0.717) is 16.8 Å². The van der Waals surface area contributed by atoms with Crippen LogP contribution in [0, 0.1) is 12.7 Å². The summed E-state index contributed by atoms with van der Waals surface area (Å²) < 4.78 is 14.8. The van der Waals surface area contributed by atoms with Crippen LogP contribution in [0.15, 0.2) is 60.8 Å². The maximum Gasteiger partial charge on any atom is 0.123 e. The van der Waals surface area contributed by atoms with Gasteiger partial charge in [-0.1, -0.05) is 24.3 Å². The summed E-state index contributed by atoms with van der Waals surface area (Å²) in [4.78, 5) is 0. The van der Waals surface area contributed by atoms with Crippen molar-refractivity contribution in [2.45, 2.75) is 13.0 Å². The highest BCUT2D eigenvalue weighted by atomic mass is 19.1. The Balaban J connectivity index is 1.92. The van der Waals surface area contributed by atoms with Crippen LogP contribution in [0.2, 0.25) is 0 Å². The zero-order chi connectivity index (χ0) is 14.8. The average molecular weight is 282 g/mol. The molecule has 2 aromatic carbocycles. The number of aliphatic hydroxyl groups is 1. The lowest BCUT2D eigenvalue weighted by Gasteiger charge is -2.11. The van der Waals surface area contributed by atoms with E-state index in [4.69, 9.17) is 0 Å². The van der Waals surface area contributed by atoms with Gasteiger partial charge in [0, 0.05) is 6.20 Å². The molecule has 0 saturated carbocycles. The number of para-hydroxylation sites is 1. The molecule has 4 heteroatoms. The number of benzene rings is 2. The maximum atomic E-state index is 13.1. The summed E-state index contributed by atoms with van der Waals surface area (Å²) in [6, 6.07) is 15.8. The zero-order valence-electron chi connectivity index (χ0n) is 11.6. The van der Waals surface area contributed by atoms with Crippen LogP contribution < -0.4 is 0 Å². The fourth-order valence-electron chi connectivity index (χ4n) is 2.31. The van der Waals surface area contributed by atoms with E-state index in [9.17, 15) is 9.50 Å². The fourth-order valence-corrected chi connectivity index (χ4v) is 2.31. The number of aromatic nitrogens is 2. The molecule has 1 aromatic heterocycles. The van der Waals surface area contributed by atoms with Crippen molar-refractivity contribution in [3.8, 4) is 5.69 Å². The van der Waals surface area contributed by atoms with Crippen LogP contribution >= 0.6 is 0 Å².